The number of thiophene rings is 1. The number of thiazole rings is 1. The van der Waals surface area contributed by atoms with Crippen molar-refractivity contribution in [3.63, 3.8) is 0 Å². The third-order valence-electron chi connectivity index (χ3n) is 4.42. The number of anilines is 1. The van der Waals surface area contributed by atoms with Gasteiger partial charge in [-0.2, -0.15) is 0 Å². The third kappa shape index (κ3) is 3.43. The predicted octanol–water partition coefficient (Wildman–Crippen LogP) is 5.07. The number of para-hydroxylation sites is 1. The van der Waals surface area contributed by atoms with Crippen LogP contribution in [0.2, 0.25) is 0 Å². The molecule has 6 nitrogen and oxygen atoms in total. The fourth-order valence-electron chi connectivity index (χ4n) is 3.03. The second-order valence-corrected chi connectivity index (χ2v) is 8.57. The monoisotopic (exact) mass is 417 g/mol. The molecule has 0 aliphatic rings. The molecule has 8 heteroatoms. The first-order valence-corrected chi connectivity index (χ1v) is 10.5. The molecule has 3 aromatic heterocycles. The molecule has 0 aliphatic carbocycles. The zero-order valence-electron chi connectivity index (χ0n) is 15.4. The fourth-order valence-corrected chi connectivity index (χ4v) is 4.95. The van der Waals surface area contributed by atoms with Crippen molar-refractivity contribution in [2.24, 2.45) is 7.05 Å². The summed E-state index contributed by atoms with van der Waals surface area (Å²) in [5.41, 5.74) is 2.59. The Morgan fingerprint density at radius 1 is 1.03 bits per heavy atom. The van der Waals surface area contributed by atoms with Crippen LogP contribution in [-0.2, 0) is 7.05 Å². The Balaban J connectivity index is 1.37. The Bertz CT molecular complexity index is 1300. The lowest BCUT2D eigenvalue weighted by molar-refractivity contribution is 0.103. The summed E-state index contributed by atoms with van der Waals surface area (Å²) in [5, 5.41) is 11.9. The van der Waals surface area contributed by atoms with Crippen LogP contribution in [0.25, 0.3) is 31.5 Å². The van der Waals surface area contributed by atoms with E-state index in [0.717, 1.165) is 31.5 Å². The fraction of sp³-hybridized carbons (Fsp3) is 0.0476. The lowest BCUT2D eigenvalue weighted by atomic mass is 10.2. The van der Waals surface area contributed by atoms with Crippen LogP contribution in [0.4, 0.5) is 5.69 Å². The second kappa shape index (κ2) is 7.23. The van der Waals surface area contributed by atoms with Gasteiger partial charge in [0, 0.05) is 18.3 Å². The number of nitrogens with zero attached hydrogens (tertiary/aromatic N) is 4. The number of aryl methyl sites for hydroxylation is 1. The van der Waals surface area contributed by atoms with Crippen molar-refractivity contribution in [1.82, 2.24) is 19.7 Å². The SMILES string of the molecule is Cn1cnnc1-c1cccc(NC(=O)c2ccc(-c3nc4ccccc4s3)s2)c1. The van der Waals surface area contributed by atoms with E-state index in [-0.39, 0.29) is 5.91 Å². The number of fused-ring (bicyclic) bond motifs is 1. The van der Waals surface area contributed by atoms with Crippen molar-refractivity contribution in [2.75, 3.05) is 5.32 Å². The Kier molecular flexibility index (Phi) is 4.42. The van der Waals surface area contributed by atoms with E-state index in [1.54, 1.807) is 17.7 Å². The average molecular weight is 418 g/mol. The molecule has 0 atom stereocenters. The third-order valence-corrected chi connectivity index (χ3v) is 6.71. The normalized spacial score (nSPS) is 11.1. The van der Waals surface area contributed by atoms with Crippen molar-refractivity contribution in [3.8, 4) is 21.3 Å². The van der Waals surface area contributed by atoms with E-state index in [0.29, 0.717) is 10.6 Å². The minimum Gasteiger partial charge on any atom is -0.321 e. The number of benzene rings is 2. The van der Waals surface area contributed by atoms with Crippen LogP contribution in [0.3, 0.4) is 0 Å². The van der Waals surface area contributed by atoms with Crippen LogP contribution in [-0.4, -0.2) is 25.7 Å². The Morgan fingerprint density at radius 3 is 2.76 bits per heavy atom. The van der Waals surface area contributed by atoms with Crippen LogP contribution in [0.5, 0.6) is 0 Å². The van der Waals surface area contributed by atoms with Crippen LogP contribution >= 0.6 is 22.7 Å². The number of carbonyl (C=O) groups is 1. The van der Waals surface area contributed by atoms with Gasteiger partial charge in [-0.1, -0.05) is 24.3 Å². The smallest absolute Gasteiger partial charge is 0.265 e. The molecule has 142 valence electrons. The van der Waals surface area contributed by atoms with Gasteiger partial charge in [-0.3, -0.25) is 4.79 Å². The zero-order valence-corrected chi connectivity index (χ0v) is 17.0. The number of carbonyl (C=O) groups excluding carboxylic acids is 1. The Morgan fingerprint density at radius 2 is 1.93 bits per heavy atom. The van der Waals surface area contributed by atoms with Gasteiger partial charge in [-0.05, 0) is 36.4 Å². The molecule has 29 heavy (non-hydrogen) atoms. The molecule has 0 fully saturated rings. The zero-order chi connectivity index (χ0) is 19.8. The minimum atomic E-state index is -0.141. The molecule has 5 aromatic rings. The molecule has 0 saturated heterocycles. The van der Waals surface area contributed by atoms with Crippen molar-refractivity contribution in [1.29, 1.82) is 0 Å². The summed E-state index contributed by atoms with van der Waals surface area (Å²) in [7, 11) is 1.88. The lowest BCUT2D eigenvalue weighted by Crippen LogP contribution is -2.10. The second-order valence-electron chi connectivity index (χ2n) is 6.45. The largest absolute Gasteiger partial charge is 0.321 e. The number of amides is 1. The van der Waals surface area contributed by atoms with Gasteiger partial charge < -0.3 is 9.88 Å². The minimum absolute atomic E-state index is 0.141. The van der Waals surface area contributed by atoms with Crippen LogP contribution < -0.4 is 5.32 Å². The molecule has 3 heterocycles. The molecule has 0 saturated carbocycles. The molecule has 5 rings (SSSR count). The molecule has 0 bridgehead atoms. The van der Waals surface area contributed by atoms with E-state index >= 15 is 0 Å². The van der Waals surface area contributed by atoms with E-state index in [4.69, 9.17) is 0 Å². The van der Waals surface area contributed by atoms with Crippen molar-refractivity contribution < 1.29 is 4.79 Å². The van der Waals surface area contributed by atoms with Gasteiger partial charge in [0.1, 0.15) is 11.3 Å². The molecule has 0 unspecified atom stereocenters. The van der Waals surface area contributed by atoms with E-state index in [2.05, 4.69) is 26.6 Å². The number of aromatic nitrogens is 4. The summed E-state index contributed by atoms with van der Waals surface area (Å²) in [4.78, 5) is 19.0. The van der Waals surface area contributed by atoms with Crippen LogP contribution in [0.1, 0.15) is 9.67 Å². The molecule has 0 radical (unpaired) electrons. The van der Waals surface area contributed by atoms with E-state index < -0.39 is 0 Å². The molecule has 0 spiro atoms. The maximum Gasteiger partial charge on any atom is 0.265 e. The summed E-state index contributed by atoms with van der Waals surface area (Å²) in [6.07, 6.45) is 1.65. The molecule has 2 aromatic carbocycles. The standard InChI is InChI=1S/C21H15N5OS2/c1-26-12-22-25-19(26)13-5-4-6-14(11-13)23-20(27)17-9-10-18(28-17)21-24-15-7-2-3-8-16(15)29-21/h2-12H,1H3,(H,23,27). The van der Waals surface area contributed by atoms with Gasteiger partial charge in [0.05, 0.1) is 20.0 Å². The maximum absolute atomic E-state index is 12.7. The highest BCUT2D eigenvalue weighted by Gasteiger charge is 2.14. The molecule has 0 aliphatic heterocycles. The highest BCUT2D eigenvalue weighted by Crippen LogP contribution is 2.34. The van der Waals surface area contributed by atoms with Gasteiger partial charge in [-0.25, -0.2) is 4.98 Å². The van der Waals surface area contributed by atoms with Crippen molar-refractivity contribution in [3.05, 3.63) is 71.9 Å². The molecular weight excluding hydrogens is 402 g/mol. The van der Waals surface area contributed by atoms with Gasteiger partial charge in [0.25, 0.3) is 5.91 Å². The maximum atomic E-state index is 12.7. The summed E-state index contributed by atoms with van der Waals surface area (Å²) in [5.74, 6) is 0.604. The van der Waals surface area contributed by atoms with Gasteiger partial charge in [0.15, 0.2) is 5.82 Å². The Labute approximate surface area is 174 Å². The number of hydrogen-bond donors (Lipinski definition) is 1. The lowest BCUT2D eigenvalue weighted by Gasteiger charge is -2.06. The van der Waals surface area contributed by atoms with E-state index in [9.17, 15) is 4.79 Å². The topological polar surface area (TPSA) is 72.7 Å². The van der Waals surface area contributed by atoms with Gasteiger partial charge in [0.2, 0.25) is 0 Å². The highest BCUT2D eigenvalue weighted by atomic mass is 32.1. The number of rotatable bonds is 4. The first-order chi connectivity index (χ1) is 14.2. The summed E-state index contributed by atoms with van der Waals surface area (Å²) < 4.78 is 2.98. The summed E-state index contributed by atoms with van der Waals surface area (Å²) in [6, 6.07) is 19.4. The van der Waals surface area contributed by atoms with Crippen LogP contribution in [0, 0.1) is 0 Å². The van der Waals surface area contributed by atoms with Gasteiger partial charge >= 0.3 is 0 Å². The van der Waals surface area contributed by atoms with Gasteiger partial charge in [-0.15, -0.1) is 32.9 Å². The highest BCUT2D eigenvalue weighted by molar-refractivity contribution is 7.26. The van der Waals surface area contributed by atoms with E-state index in [1.165, 1.54) is 11.3 Å². The first kappa shape index (κ1) is 17.7. The predicted molar refractivity (Wildman–Crippen MR) is 117 cm³/mol. The van der Waals surface area contributed by atoms with Crippen molar-refractivity contribution in [2.45, 2.75) is 0 Å². The molecule has 1 amide bonds. The van der Waals surface area contributed by atoms with Crippen molar-refractivity contribution >= 4 is 44.5 Å². The number of hydrogen-bond acceptors (Lipinski definition) is 6. The van der Waals surface area contributed by atoms with E-state index in [1.807, 2.05) is 66.2 Å². The van der Waals surface area contributed by atoms with Crippen LogP contribution in [0.15, 0.2) is 67.0 Å². The molecular formula is C21H15N5OS2. The summed E-state index contributed by atoms with van der Waals surface area (Å²) >= 11 is 3.08. The quantitative estimate of drug-likeness (QED) is 0.443. The average Bonchev–Trinajstić information content (AvgIpc) is 3.46. The summed E-state index contributed by atoms with van der Waals surface area (Å²) in [6.45, 7) is 0. The molecule has 1 N–H and O–H groups in total. The Hall–Kier alpha value is -3.36. The number of nitrogens with one attached hydrogen (secondary N) is 1. The first-order valence-electron chi connectivity index (χ1n) is 8.89.